The molecule has 9 nitrogen and oxygen atoms in total. The molecule has 0 fully saturated rings. The van der Waals surface area contributed by atoms with E-state index < -0.39 is 29.3 Å². The molecule has 3 aromatic rings. The lowest BCUT2D eigenvalue weighted by atomic mass is 9.67. The molecule has 2 heterocycles. The number of rotatable bonds is 7. The Morgan fingerprint density at radius 2 is 1.77 bits per heavy atom. The van der Waals surface area contributed by atoms with E-state index in [4.69, 9.17) is 19.2 Å². The van der Waals surface area contributed by atoms with Crippen molar-refractivity contribution in [3.05, 3.63) is 75.8 Å². The topological polar surface area (TPSA) is 116 Å². The van der Waals surface area contributed by atoms with Gasteiger partial charge in [0.15, 0.2) is 0 Å². The summed E-state index contributed by atoms with van der Waals surface area (Å²) in [6.45, 7) is 5.12. The fourth-order valence-electron chi connectivity index (χ4n) is 5.16. The van der Waals surface area contributed by atoms with Crippen molar-refractivity contribution in [2.75, 3.05) is 26.6 Å². The monoisotopic (exact) mass is 549 g/mol. The van der Waals surface area contributed by atoms with Crippen molar-refractivity contribution < 1.29 is 28.6 Å². The third-order valence-corrected chi connectivity index (χ3v) is 7.97. The Morgan fingerprint density at radius 1 is 1.05 bits per heavy atom. The van der Waals surface area contributed by atoms with Crippen LogP contribution in [0.5, 0.6) is 5.75 Å². The van der Waals surface area contributed by atoms with Gasteiger partial charge in [0.2, 0.25) is 5.91 Å². The zero-order valence-corrected chi connectivity index (χ0v) is 23.5. The number of amides is 1. The Labute approximate surface area is 231 Å². The summed E-state index contributed by atoms with van der Waals surface area (Å²) in [5.74, 6) is -2.18. The fraction of sp³-hybridized carbons (Fsp3) is 0.310. The average Bonchev–Trinajstić information content (AvgIpc) is 3.43. The summed E-state index contributed by atoms with van der Waals surface area (Å²) in [6, 6.07) is 14.8. The van der Waals surface area contributed by atoms with Gasteiger partial charge in [-0.1, -0.05) is 30.3 Å². The Hall–Kier alpha value is -4.18. The molecule has 4 rings (SSSR count). The van der Waals surface area contributed by atoms with E-state index in [9.17, 15) is 14.4 Å². The number of hydrogen-bond acceptors (Lipinski definition) is 9. The third kappa shape index (κ3) is 5.24. The van der Waals surface area contributed by atoms with Gasteiger partial charge in [-0.2, -0.15) is 0 Å². The zero-order chi connectivity index (χ0) is 28.3. The molecule has 204 valence electrons. The molecular weight excluding hydrogens is 518 g/mol. The van der Waals surface area contributed by atoms with Crippen molar-refractivity contribution in [1.82, 2.24) is 10.3 Å². The number of anilines is 1. The first kappa shape index (κ1) is 27.8. The van der Waals surface area contributed by atoms with E-state index in [0.717, 1.165) is 11.1 Å². The maximum Gasteiger partial charge on any atom is 0.336 e. The molecule has 3 atom stereocenters. The largest absolute Gasteiger partial charge is 0.495 e. The number of nitrogens with one attached hydrogen (secondary N) is 2. The van der Waals surface area contributed by atoms with Crippen molar-refractivity contribution in [3.8, 4) is 17.0 Å². The molecule has 10 heteroatoms. The highest BCUT2D eigenvalue weighted by atomic mass is 32.1. The summed E-state index contributed by atoms with van der Waals surface area (Å²) in [5, 5.41) is 8.71. The van der Waals surface area contributed by atoms with Crippen LogP contribution in [0.2, 0.25) is 0 Å². The lowest BCUT2D eigenvalue weighted by Crippen LogP contribution is -2.55. The summed E-state index contributed by atoms with van der Waals surface area (Å²) in [5.41, 5.74) is 2.66. The summed E-state index contributed by atoms with van der Waals surface area (Å²) < 4.78 is 15.8. The Kier molecular flexibility index (Phi) is 8.06. The molecule has 0 spiro atoms. The van der Waals surface area contributed by atoms with Gasteiger partial charge in [-0.05, 0) is 37.6 Å². The van der Waals surface area contributed by atoms with Gasteiger partial charge in [-0.25, -0.2) is 9.78 Å². The molecule has 0 aliphatic carbocycles. The lowest BCUT2D eigenvalue weighted by molar-refractivity contribution is -0.150. The number of allylic oxidation sites excluding steroid dienone is 1. The van der Waals surface area contributed by atoms with Crippen molar-refractivity contribution in [3.63, 3.8) is 0 Å². The number of esters is 2. The second-order valence-corrected chi connectivity index (χ2v) is 10.2. The van der Waals surface area contributed by atoms with Crippen molar-refractivity contribution in [2.24, 2.45) is 5.92 Å². The molecule has 1 aliphatic rings. The highest BCUT2D eigenvalue weighted by Crippen LogP contribution is 2.49. The maximum atomic E-state index is 13.5. The maximum absolute atomic E-state index is 13.5. The van der Waals surface area contributed by atoms with E-state index in [1.165, 1.54) is 39.6 Å². The molecule has 3 unspecified atom stereocenters. The van der Waals surface area contributed by atoms with Crippen LogP contribution in [0, 0.1) is 5.92 Å². The first-order valence-electron chi connectivity index (χ1n) is 12.3. The van der Waals surface area contributed by atoms with E-state index in [1.54, 1.807) is 19.1 Å². The molecule has 1 aliphatic heterocycles. The average molecular weight is 550 g/mol. The van der Waals surface area contributed by atoms with Gasteiger partial charge in [0.1, 0.15) is 16.3 Å². The van der Waals surface area contributed by atoms with Crippen LogP contribution in [-0.4, -0.2) is 44.2 Å². The van der Waals surface area contributed by atoms with Crippen LogP contribution in [0.25, 0.3) is 11.3 Å². The minimum Gasteiger partial charge on any atom is -0.495 e. The number of thiazole rings is 1. The minimum atomic E-state index is -1.02. The molecule has 1 amide bonds. The van der Waals surface area contributed by atoms with Crippen LogP contribution in [0.4, 0.5) is 5.69 Å². The Balaban J connectivity index is 1.86. The molecule has 0 saturated heterocycles. The first-order valence-corrected chi connectivity index (χ1v) is 13.1. The van der Waals surface area contributed by atoms with Crippen molar-refractivity contribution in [2.45, 2.75) is 32.2 Å². The summed E-state index contributed by atoms with van der Waals surface area (Å²) >= 11 is 1.39. The molecule has 0 saturated carbocycles. The second-order valence-electron chi connectivity index (χ2n) is 9.38. The SMILES string of the molecule is COC(=O)C1=C(C)NC(C)(c2nc(-c3ccc(OC)c(NC(C)=O)c3)cs2)C(C(=O)OC)C1c1ccccc1. The molecular formula is C29H31N3O6S. The number of nitrogens with zero attached hydrogens (tertiary/aromatic N) is 1. The van der Waals surface area contributed by atoms with Crippen LogP contribution in [0.15, 0.2) is 65.2 Å². The lowest BCUT2D eigenvalue weighted by Gasteiger charge is -2.45. The number of carbonyl (C=O) groups is 3. The van der Waals surface area contributed by atoms with E-state index in [-0.39, 0.29) is 5.91 Å². The van der Waals surface area contributed by atoms with Gasteiger partial charge < -0.3 is 24.8 Å². The van der Waals surface area contributed by atoms with Crippen LogP contribution < -0.4 is 15.4 Å². The second kappa shape index (κ2) is 11.3. The normalized spacial score (nSPS) is 20.6. The van der Waals surface area contributed by atoms with Crippen LogP contribution in [0.3, 0.4) is 0 Å². The number of carbonyl (C=O) groups excluding carboxylic acids is 3. The summed E-state index contributed by atoms with van der Waals surface area (Å²) in [4.78, 5) is 43.1. The number of methoxy groups -OCH3 is 3. The first-order chi connectivity index (χ1) is 18.6. The molecule has 2 N–H and O–H groups in total. The number of ether oxygens (including phenoxy) is 3. The molecule has 39 heavy (non-hydrogen) atoms. The van der Waals surface area contributed by atoms with Gasteiger partial charge in [-0.3, -0.25) is 9.59 Å². The van der Waals surface area contributed by atoms with Crippen LogP contribution >= 0.6 is 11.3 Å². The van der Waals surface area contributed by atoms with E-state index >= 15 is 0 Å². The highest BCUT2D eigenvalue weighted by molar-refractivity contribution is 7.10. The molecule has 1 aromatic heterocycles. The van der Waals surface area contributed by atoms with E-state index in [2.05, 4.69) is 10.6 Å². The Morgan fingerprint density at radius 3 is 2.38 bits per heavy atom. The number of hydrogen-bond donors (Lipinski definition) is 2. The van der Waals surface area contributed by atoms with Crippen molar-refractivity contribution in [1.29, 1.82) is 0 Å². The van der Waals surface area contributed by atoms with Gasteiger partial charge in [0.25, 0.3) is 0 Å². The number of benzene rings is 2. The smallest absolute Gasteiger partial charge is 0.336 e. The highest BCUT2D eigenvalue weighted by Gasteiger charge is 2.54. The number of aromatic nitrogens is 1. The van der Waals surface area contributed by atoms with Crippen LogP contribution in [0.1, 0.15) is 37.3 Å². The summed E-state index contributed by atoms with van der Waals surface area (Å²) in [7, 11) is 4.19. The predicted molar refractivity (Wildman–Crippen MR) is 148 cm³/mol. The summed E-state index contributed by atoms with van der Waals surface area (Å²) in [6.07, 6.45) is 0. The Bertz CT molecular complexity index is 1430. The minimum absolute atomic E-state index is 0.222. The van der Waals surface area contributed by atoms with Gasteiger partial charge >= 0.3 is 11.9 Å². The third-order valence-electron chi connectivity index (χ3n) is 6.89. The van der Waals surface area contributed by atoms with E-state index in [1.807, 2.05) is 48.7 Å². The zero-order valence-electron chi connectivity index (χ0n) is 22.7. The fourth-order valence-corrected chi connectivity index (χ4v) is 6.15. The van der Waals surface area contributed by atoms with Gasteiger partial charge in [0.05, 0.1) is 44.2 Å². The van der Waals surface area contributed by atoms with Gasteiger partial charge in [0, 0.05) is 29.5 Å². The quantitative estimate of drug-likeness (QED) is 0.411. The van der Waals surface area contributed by atoms with Crippen molar-refractivity contribution >= 4 is 34.9 Å². The molecule has 0 bridgehead atoms. The van der Waals surface area contributed by atoms with E-state index in [0.29, 0.717) is 33.4 Å². The molecule has 0 radical (unpaired) electrons. The van der Waals surface area contributed by atoms with Crippen LogP contribution in [-0.2, 0) is 29.4 Å². The molecule has 2 aromatic carbocycles. The predicted octanol–water partition coefficient (Wildman–Crippen LogP) is 4.62. The van der Waals surface area contributed by atoms with Gasteiger partial charge in [-0.15, -0.1) is 11.3 Å². The standard InChI is InChI=1S/C29H31N3O6S/c1-16-23(26(34)37-5)24(18-10-8-7-9-11-18)25(27(35)38-6)29(3,32-16)28-31-21(15-39-28)19-12-13-22(36-4)20(14-19)30-17(2)33/h7-15,24-25,32H,1-6H3,(H,30,33).